The first-order valence-electron chi connectivity index (χ1n) is 19.3. The van der Waals surface area contributed by atoms with Crippen molar-refractivity contribution >= 4 is 87.8 Å². The van der Waals surface area contributed by atoms with Crippen LogP contribution in [0.4, 0.5) is 0 Å². The molecule has 0 aliphatic heterocycles. The van der Waals surface area contributed by atoms with Crippen LogP contribution < -0.4 is 0 Å². The highest BCUT2D eigenvalue weighted by atomic mass is 35.5. The maximum absolute atomic E-state index is 7.25. The van der Waals surface area contributed by atoms with Gasteiger partial charge in [0.2, 0.25) is 0 Å². The Morgan fingerprint density at radius 2 is 0.702 bits per heavy atom. The van der Waals surface area contributed by atoms with Crippen LogP contribution in [0.1, 0.15) is 0 Å². The van der Waals surface area contributed by atoms with Crippen molar-refractivity contribution in [2.75, 3.05) is 0 Å². The number of hydrogen-bond donors (Lipinski definition) is 0. The van der Waals surface area contributed by atoms with Crippen molar-refractivity contribution < 1.29 is 8.83 Å². The molecule has 0 aliphatic carbocycles. The average Bonchev–Trinajstić information content (AvgIpc) is 3.83. The molecule has 2 nitrogen and oxygen atoms in total. The van der Waals surface area contributed by atoms with Gasteiger partial charge >= 0.3 is 0 Å². The summed E-state index contributed by atoms with van der Waals surface area (Å²) in [5.74, 6) is 0. The molecular formula is C54H31ClO2. The van der Waals surface area contributed by atoms with E-state index in [1.807, 2.05) is 24.3 Å². The highest BCUT2D eigenvalue weighted by Gasteiger charge is 2.24. The molecule has 2 heterocycles. The lowest BCUT2D eigenvalue weighted by molar-refractivity contribution is 0.668. The Morgan fingerprint density at radius 3 is 1.25 bits per heavy atom. The summed E-state index contributed by atoms with van der Waals surface area (Å²) < 4.78 is 12.6. The first-order chi connectivity index (χ1) is 28.2. The van der Waals surface area contributed by atoms with Gasteiger partial charge < -0.3 is 8.83 Å². The molecule has 0 aliphatic rings. The van der Waals surface area contributed by atoms with E-state index in [9.17, 15) is 0 Å². The fourth-order valence-corrected chi connectivity index (χ4v) is 9.47. The smallest absolute Gasteiger partial charge is 0.135 e. The molecule has 0 fully saturated rings. The van der Waals surface area contributed by atoms with Crippen LogP contribution in [-0.4, -0.2) is 0 Å². The Bertz CT molecular complexity index is 3410. The SMILES string of the molecule is Clc1cc(-c2ccc3oc4ccccc4c3c2)c(-c2c3ccccc3c(-c3cccc4ccccc34)c3ccccc23)c(-c2ccc3oc4ccccc4c3c2)c1. The molecule has 0 unspecified atom stereocenters. The van der Waals surface area contributed by atoms with Crippen molar-refractivity contribution in [2.24, 2.45) is 0 Å². The van der Waals surface area contributed by atoms with Gasteiger partial charge in [0, 0.05) is 26.6 Å². The number of hydrogen-bond acceptors (Lipinski definition) is 2. The van der Waals surface area contributed by atoms with E-state index in [1.54, 1.807) is 0 Å². The van der Waals surface area contributed by atoms with Gasteiger partial charge in [-0.25, -0.2) is 0 Å². The zero-order valence-corrected chi connectivity index (χ0v) is 31.3. The number of para-hydroxylation sites is 2. The van der Waals surface area contributed by atoms with Gasteiger partial charge in [-0.05, 0) is 125 Å². The van der Waals surface area contributed by atoms with Crippen LogP contribution in [0.15, 0.2) is 197 Å². The summed E-state index contributed by atoms with van der Waals surface area (Å²) in [5.41, 5.74) is 12.4. The first-order valence-corrected chi connectivity index (χ1v) is 19.6. The van der Waals surface area contributed by atoms with Crippen molar-refractivity contribution in [1.82, 2.24) is 0 Å². The summed E-state index contributed by atoms with van der Waals surface area (Å²) in [7, 11) is 0. The lowest BCUT2D eigenvalue weighted by atomic mass is 9.80. The van der Waals surface area contributed by atoms with Gasteiger partial charge in [-0.1, -0.05) is 151 Å². The summed E-state index contributed by atoms with van der Waals surface area (Å²) >= 11 is 7.25. The molecule has 10 aromatic carbocycles. The number of rotatable bonds is 4. The average molecular weight is 747 g/mol. The van der Waals surface area contributed by atoms with E-state index >= 15 is 0 Å². The fraction of sp³-hybridized carbons (Fsp3) is 0. The third-order valence-corrected chi connectivity index (χ3v) is 11.9. The van der Waals surface area contributed by atoms with Crippen molar-refractivity contribution in [3.63, 3.8) is 0 Å². The minimum atomic E-state index is 0.666. The quantitative estimate of drug-likeness (QED) is 0.168. The molecule has 0 bridgehead atoms. The standard InChI is InChI=1S/C54H31ClO2/c55-35-30-44(33-24-26-50-46(28-33)37-15-7-9-22-48(37)56-50)54(45(31-35)34-25-27-51-47(29-34)38-16-8-10-23-49(38)57-51)53-42-19-5-3-17-40(42)52(41-18-4-6-20-43(41)53)39-21-11-13-32-12-1-2-14-36(32)39/h1-31H. The van der Waals surface area contributed by atoms with Gasteiger partial charge in [0.25, 0.3) is 0 Å². The van der Waals surface area contributed by atoms with Crippen molar-refractivity contribution in [3.05, 3.63) is 193 Å². The van der Waals surface area contributed by atoms with Crippen LogP contribution in [-0.2, 0) is 0 Å². The third kappa shape index (κ3) is 4.91. The number of halogens is 1. The van der Waals surface area contributed by atoms with E-state index in [4.69, 9.17) is 20.4 Å². The summed E-state index contributed by atoms with van der Waals surface area (Å²) in [6.45, 7) is 0. The Labute approximate surface area is 332 Å². The normalized spacial score (nSPS) is 11.9. The van der Waals surface area contributed by atoms with E-state index in [0.717, 1.165) is 71.7 Å². The van der Waals surface area contributed by atoms with Crippen LogP contribution in [0.5, 0.6) is 0 Å². The van der Waals surface area contributed by atoms with Crippen LogP contribution in [0.3, 0.4) is 0 Å². The van der Waals surface area contributed by atoms with Gasteiger partial charge in [0.05, 0.1) is 0 Å². The molecule has 0 N–H and O–H groups in total. The summed E-state index contributed by atoms with van der Waals surface area (Å²) in [4.78, 5) is 0. The topological polar surface area (TPSA) is 26.3 Å². The van der Waals surface area contributed by atoms with E-state index in [-0.39, 0.29) is 0 Å². The van der Waals surface area contributed by atoms with Crippen LogP contribution in [0.2, 0.25) is 5.02 Å². The van der Waals surface area contributed by atoms with E-state index in [0.29, 0.717) is 5.02 Å². The Hall–Kier alpha value is -7.13. The molecule has 12 aromatic rings. The third-order valence-electron chi connectivity index (χ3n) is 11.7. The monoisotopic (exact) mass is 746 g/mol. The van der Waals surface area contributed by atoms with E-state index in [1.165, 1.54) is 49.0 Å². The van der Waals surface area contributed by atoms with Crippen molar-refractivity contribution in [1.29, 1.82) is 0 Å². The van der Waals surface area contributed by atoms with Crippen LogP contribution in [0, 0.1) is 0 Å². The fourth-order valence-electron chi connectivity index (χ4n) is 9.25. The second-order valence-electron chi connectivity index (χ2n) is 14.9. The highest BCUT2D eigenvalue weighted by Crippen LogP contribution is 2.51. The zero-order chi connectivity index (χ0) is 37.6. The molecule has 0 spiro atoms. The maximum atomic E-state index is 7.25. The van der Waals surface area contributed by atoms with Gasteiger partial charge in [-0.15, -0.1) is 0 Å². The Morgan fingerprint density at radius 1 is 0.281 bits per heavy atom. The molecule has 12 rings (SSSR count). The van der Waals surface area contributed by atoms with Gasteiger partial charge in [-0.2, -0.15) is 0 Å². The van der Waals surface area contributed by atoms with Crippen molar-refractivity contribution in [3.8, 4) is 44.5 Å². The summed E-state index contributed by atoms with van der Waals surface area (Å²) in [6.07, 6.45) is 0. The second kappa shape index (κ2) is 12.4. The van der Waals surface area contributed by atoms with Crippen molar-refractivity contribution in [2.45, 2.75) is 0 Å². The summed E-state index contributed by atoms with van der Waals surface area (Å²) in [6, 6.07) is 67.0. The molecule has 0 amide bonds. The number of benzene rings is 10. The Kier molecular flexibility index (Phi) is 7.02. The van der Waals surface area contributed by atoms with E-state index in [2.05, 4.69) is 164 Å². The molecule has 2 aromatic heterocycles. The minimum Gasteiger partial charge on any atom is -0.456 e. The predicted molar refractivity (Wildman–Crippen MR) is 240 cm³/mol. The van der Waals surface area contributed by atoms with E-state index < -0.39 is 0 Å². The lowest BCUT2D eigenvalue weighted by Gasteiger charge is -2.23. The molecule has 0 saturated carbocycles. The highest BCUT2D eigenvalue weighted by molar-refractivity contribution is 6.32. The largest absolute Gasteiger partial charge is 0.456 e. The second-order valence-corrected chi connectivity index (χ2v) is 15.3. The van der Waals surface area contributed by atoms with Crippen LogP contribution >= 0.6 is 11.6 Å². The zero-order valence-electron chi connectivity index (χ0n) is 30.6. The first kappa shape index (κ1) is 32.1. The minimum absolute atomic E-state index is 0.666. The predicted octanol–water partition coefficient (Wildman–Crippen LogP) is 16.3. The maximum Gasteiger partial charge on any atom is 0.135 e. The molecule has 0 saturated heterocycles. The number of fused-ring (bicyclic) bond motifs is 9. The lowest BCUT2D eigenvalue weighted by Crippen LogP contribution is -1.96. The molecular weight excluding hydrogens is 716 g/mol. The number of furan rings is 2. The summed E-state index contributed by atoms with van der Waals surface area (Å²) in [5, 5.41) is 12.2. The van der Waals surface area contributed by atoms with Gasteiger partial charge in [0.1, 0.15) is 22.3 Å². The van der Waals surface area contributed by atoms with Gasteiger partial charge in [-0.3, -0.25) is 0 Å². The molecule has 0 atom stereocenters. The molecule has 266 valence electrons. The van der Waals surface area contributed by atoms with Gasteiger partial charge in [0.15, 0.2) is 0 Å². The molecule has 0 radical (unpaired) electrons. The molecule has 3 heteroatoms. The molecule has 57 heavy (non-hydrogen) atoms. The Balaban J connectivity index is 1.24. The van der Waals surface area contributed by atoms with Crippen LogP contribution in [0.25, 0.3) is 121 Å².